The molecule has 4 heterocycles. The molecule has 9 heteroatoms. The van der Waals surface area contributed by atoms with Crippen molar-refractivity contribution in [2.75, 3.05) is 39.5 Å². The fourth-order valence-corrected chi connectivity index (χ4v) is 4.30. The van der Waals surface area contributed by atoms with Crippen LogP contribution in [0.3, 0.4) is 0 Å². The maximum Gasteiger partial charge on any atom is 0.276 e. The highest BCUT2D eigenvalue weighted by molar-refractivity contribution is 5.92. The Kier molecular flexibility index (Phi) is 6.41. The molecule has 1 amide bonds. The van der Waals surface area contributed by atoms with E-state index in [0.29, 0.717) is 37.7 Å². The van der Waals surface area contributed by atoms with Crippen LogP contribution in [0.1, 0.15) is 35.3 Å². The SMILES string of the molecule is CCOc1ccc(-c2cc3n(n2)CCCN(C(=O)c2cc(CN4CCOCC4)on2)C3)cc1. The molecule has 1 fully saturated rings. The van der Waals surface area contributed by atoms with Crippen molar-refractivity contribution in [1.82, 2.24) is 24.7 Å². The van der Waals surface area contributed by atoms with Gasteiger partial charge in [0.1, 0.15) is 5.75 Å². The predicted molar refractivity (Wildman–Crippen MR) is 121 cm³/mol. The fourth-order valence-electron chi connectivity index (χ4n) is 4.30. The molecule has 0 atom stereocenters. The molecule has 2 aromatic heterocycles. The monoisotopic (exact) mass is 451 g/mol. The minimum absolute atomic E-state index is 0.107. The Bertz CT molecular complexity index is 1080. The standard InChI is InChI=1S/C24H29N5O4/c1-2-32-20-6-4-18(5-7-20)22-14-19-16-28(8-3-9-29(19)25-22)24(30)23-15-21(33-26-23)17-27-10-12-31-13-11-27/h4-7,14-15H,2-3,8-13,16-17H2,1H3. The van der Waals surface area contributed by atoms with Gasteiger partial charge in [0.15, 0.2) is 11.5 Å². The van der Waals surface area contributed by atoms with Gasteiger partial charge in [0.05, 0.1) is 44.3 Å². The number of aryl methyl sites for hydroxylation is 1. The van der Waals surface area contributed by atoms with Gasteiger partial charge in [-0.05, 0) is 43.7 Å². The first-order chi connectivity index (χ1) is 16.2. The van der Waals surface area contributed by atoms with Gasteiger partial charge in [-0.2, -0.15) is 5.10 Å². The van der Waals surface area contributed by atoms with E-state index >= 15 is 0 Å². The third-order valence-electron chi connectivity index (χ3n) is 6.02. The van der Waals surface area contributed by atoms with Crippen LogP contribution in [-0.2, 0) is 24.4 Å². The lowest BCUT2D eigenvalue weighted by Gasteiger charge is -2.25. The van der Waals surface area contributed by atoms with Crippen LogP contribution in [0.15, 0.2) is 40.9 Å². The lowest BCUT2D eigenvalue weighted by atomic mass is 10.1. The summed E-state index contributed by atoms with van der Waals surface area (Å²) in [6, 6.07) is 11.8. The minimum atomic E-state index is -0.107. The summed E-state index contributed by atoms with van der Waals surface area (Å²) < 4.78 is 18.4. The van der Waals surface area contributed by atoms with Gasteiger partial charge in [-0.1, -0.05) is 5.16 Å². The van der Waals surface area contributed by atoms with Crippen LogP contribution in [0.4, 0.5) is 0 Å². The number of ether oxygens (including phenoxy) is 2. The number of amides is 1. The molecule has 0 N–H and O–H groups in total. The topological polar surface area (TPSA) is 85.9 Å². The second-order valence-electron chi connectivity index (χ2n) is 8.35. The number of rotatable bonds is 6. The normalized spacial score (nSPS) is 16.9. The van der Waals surface area contributed by atoms with Crippen molar-refractivity contribution in [3.63, 3.8) is 0 Å². The number of nitrogens with zero attached hydrogens (tertiary/aromatic N) is 5. The van der Waals surface area contributed by atoms with Crippen LogP contribution in [0.25, 0.3) is 11.3 Å². The molecule has 1 saturated heterocycles. The van der Waals surface area contributed by atoms with E-state index < -0.39 is 0 Å². The molecule has 0 spiro atoms. The van der Waals surface area contributed by atoms with Gasteiger partial charge in [0.2, 0.25) is 0 Å². The van der Waals surface area contributed by atoms with E-state index in [-0.39, 0.29) is 5.91 Å². The van der Waals surface area contributed by atoms with Gasteiger partial charge in [0.25, 0.3) is 5.91 Å². The highest BCUT2D eigenvalue weighted by atomic mass is 16.5. The van der Waals surface area contributed by atoms with E-state index in [0.717, 1.165) is 62.0 Å². The molecule has 1 aromatic carbocycles. The molecule has 3 aromatic rings. The van der Waals surface area contributed by atoms with Gasteiger partial charge in [-0.25, -0.2) is 0 Å². The molecule has 33 heavy (non-hydrogen) atoms. The third kappa shape index (κ3) is 4.94. The van der Waals surface area contributed by atoms with E-state index in [1.165, 1.54) is 0 Å². The first kappa shape index (κ1) is 21.7. The Balaban J connectivity index is 1.27. The fraction of sp³-hybridized carbons (Fsp3) is 0.458. The zero-order valence-electron chi connectivity index (χ0n) is 18.9. The van der Waals surface area contributed by atoms with Crippen LogP contribution < -0.4 is 4.74 Å². The molecule has 2 aliphatic rings. The second kappa shape index (κ2) is 9.76. The number of morpholine rings is 1. The lowest BCUT2D eigenvalue weighted by Crippen LogP contribution is -2.35. The number of fused-ring (bicyclic) bond motifs is 1. The summed E-state index contributed by atoms with van der Waals surface area (Å²) in [7, 11) is 0. The maximum absolute atomic E-state index is 13.2. The van der Waals surface area contributed by atoms with Crippen molar-refractivity contribution in [3.8, 4) is 17.0 Å². The maximum atomic E-state index is 13.2. The van der Waals surface area contributed by atoms with Gasteiger partial charge >= 0.3 is 0 Å². The van der Waals surface area contributed by atoms with E-state index in [4.69, 9.17) is 19.1 Å². The number of carbonyl (C=O) groups excluding carboxylic acids is 1. The van der Waals surface area contributed by atoms with Crippen LogP contribution in [-0.4, -0.2) is 70.1 Å². The van der Waals surface area contributed by atoms with Crippen LogP contribution >= 0.6 is 0 Å². The Morgan fingerprint density at radius 1 is 1.09 bits per heavy atom. The van der Waals surface area contributed by atoms with E-state index in [1.54, 1.807) is 6.07 Å². The molecular formula is C24H29N5O4. The number of carbonyl (C=O) groups is 1. The lowest BCUT2D eigenvalue weighted by molar-refractivity contribution is 0.0305. The summed E-state index contributed by atoms with van der Waals surface area (Å²) in [5, 5.41) is 8.84. The molecular weight excluding hydrogens is 422 g/mol. The van der Waals surface area contributed by atoms with E-state index in [1.807, 2.05) is 40.8 Å². The molecule has 174 valence electrons. The highest BCUT2D eigenvalue weighted by Gasteiger charge is 2.25. The van der Waals surface area contributed by atoms with Crippen molar-refractivity contribution < 1.29 is 18.8 Å². The van der Waals surface area contributed by atoms with Crippen molar-refractivity contribution in [3.05, 3.63) is 53.5 Å². The molecule has 5 rings (SSSR count). The van der Waals surface area contributed by atoms with E-state index in [9.17, 15) is 4.79 Å². The number of hydrogen-bond donors (Lipinski definition) is 0. The average molecular weight is 452 g/mol. The van der Waals surface area contributed by atoms with Crippen molar-refractivity contribution in [2.24, 2.45) is 0 Å². The number of hydrogen-bond acceptors (Lipinski definition) is 7. The smallest absolute Gasteiger partial charge is 0.276 e. The third-order valence-corrected chi connectivity index (χ3v) is 6.02. The molecule has 0 aliphatic carbocycles. The largest absolute Gasteiger partial charge is 0.494 e. The summed E-state index contributed by atoms with van der Waals surface area (Å²) in [5.74, 6) is 1.45. The van der Waals surface area contributed by atoms with Crippen molar-refractivity contribution >= 4 is 5.91 Å². The Morgan fingerprint density at radius 2 is 1.91 bits per heavy atom. The second-order valence-corrected chi connectivity index (χ2v) is 8.35. The molecule has 0 bridgehead atoms. The first-order valence-corrected chi connectivity index (χ1v) is 11.5. The summed E-state index contributed by atoms with van der Waals surface area (Å²) in [4.78, 5) is 17.2. The summed E-state index contributed by atoms with van der Waals surface area (Å²) in [5.41, 5.74) is 3.30. The summed E-state index contributed by atoms with van der Waals surface area (Å²) in [6.45, 7) is 8.34. The van der Waals surface area contributed by atoms with Crippen LogP contribution in [0.5, 0.6) is 5.75 Å². The number of benzene rings is 1. The van der Waals surface area contributed by atoms with Crippen molar-refractivity contribution in [2.45, 2.75) is 33.0 Å². The van der Waals surface area contributed by atoms with Crippen LogP contribution in [0, 0.1) is 0 Å². The Hall–Kier alpha value is -3.17. The molecule has 0 saturated carbocycles. The molecule has 2 aliphatic heterocycles. The Labute approximate surface area is 192 Å². The Morgan fingerprint density at radius 3 is 2.70 bits per heavy atom. The van der Waals surface area contributed by atoms with Gasteiger partial charge in [0, 0.05) is 37.8 Å². The highest BCUT2D eigenvalue weighted by Crippen LogP contribution is 2.25. The van der Waals surface area contributed by atoms with Gasteiger partial charge < -0.3 is 18.9 Å². The number of aromatic nitrogens is 3. The molecule has 0 unspecified atom stereocenters. The summed E-state index contributed by atoms with van der Waals surface area (Å²) >= 11 is 0. The molecule has 0 radical (unpaired) electrons. The van der Waals surface area contributed by atoms with Crippen LogP contribution in [0.2, 0.25) is 0 Å². The van der Waals surface area contributed by atoms with Crippen molar-refractivity contribution in [1.29, 1.82) is 0 Å². The first-order valence-electron chi connectivity index (χ1n) is 11.5. The summed E-state index contributed by atoms with van der Waals surface area (Å²) in [6.07, 6.45) is 0.835. The van der Waals surface area contributed by atoms with E-state index in [2.05, 4.69) is 16.1 Å². The van der Waals surface area contributed by atoms with Gasteiger partial charge in [-0.15, -0.1) is 0 Å². The average Bonchev–Trinajstić information content (AvgIpc) is 3.42. The van der Waals surface area contributed by atoms with Gasteiger partial charge in [-0.3, -0.25) is 14.4 Å². The predicted octanol–water partition coefficient (Wildman–Crippen LogP) is 2.82. The minimum Gasteiger partial charge on any atom is -0.494 e. The zero-order valence-corrected chi connectivity index (χ0v) is 18.9. The quantitative estimate of drug-likeness (QED) is 0.570. The molecule has 9 nitrogen and oxygen atoms in total. The zero-order chi connectivity index (χ0) is 22.6.